The summed E-state index contributed by atoms with van der Waals surface area (Å²) in [6.07, 6.45) is 1.50. The van der Waals surface area contributed by atoms with Gasteiger partial charge in [-0.3, -0.25) is 4.79 Å². The van der Waals surface area contributed by atoms with Gasteiger partial charge in [-0.15, -0.1) is 11.3 Å². The number of nitrogens with zero attached hydrogens (tertiary/aromatic N) is 1. The second-order valence-electron chi connectivity index (χ2n) is 5.33. The van der Waals surface area contributed by atoms with E-state index in [1.165, 1.54) is 10.4 Å². The van der Waals surface area contributed by atoms with Gasteiger partial charge in [-0.2, -0.15) is 0 Å². The first-order valence-corrected chi connectivity index (χ1v) is 7.61. The van der Waals surface area contributed by atoms with Crippen molar-refractivity contribution < 1.29 is 4.79 Å². The van der Waals surface area contributed by atoms with Gasteiger partial charge in [0.05, 0.1) is 17.8 Å². The van der Waals surface area contributed by atoms with Crippen LogP contribution in [-0.2, 0) is 24.2 Å². The second-order valence-corrected chi connectivity index (χ2v) is 6.33. The molecule has 5 heteroatoms. The van der Waals surface area contributed by atoms with Crippen molar-refractivity contribution in [2.24, 2.45) is 0 Å². The fraction of sp³-hybridized carbons (Fsp3) is 0.267. The molecule has 0 radical (unpaired) electrons. The van der Waals surface area contributed by atoms with Crippen molar-refractivity contribution in [1.82, 2.24) is 0 Å². The second kappa shape index (κ2) is 4.24. The molecule has 4 rings (SSSR count). The van der Waals surface area contributed by atoms with E-state index in [1.807, 2.05) is 23.5 Å². The number of rotatable bonds is 1. The predicted molar refractivity (Wildman–Crippen MR) is 82.3 cm³/mol. The van der Waals surface area contributed by atoms with Crippen molar-refractivity contribution in [2.45, 2.75) is 19.4 Å². The SMILES string of the molecule is Nc1cc2c(cc1N1CCc3sccc3C1)NC(=O)C2. The summed E-state index contributed by atoms with van der Waals surface area (Å²) < 4.78 is 0. The normalized spacial score (nSPS) is 16.8. The zero-order chi connectivity index (χ0) is 13.7. The molecule has 0 atom stereocenters. The van der Waals surface area contributed by atoms with Crippen LogP contribution in [0.25, 0.3) is 0 Å². The third-order valence-electron chi connectivity index (χ3n) is 4.03. The molecule has 2 aromatic rings. The van der Waals surface area contributed by atoms with Crippen molar-refractivity contribution in [3.8, 4) is 0 Å². The number of anilines is 3. The molecule has 2 aliphatic rings. The minimum atomic E-state index is 0.0512. The van der Waals surface area contributed by atoms with E-state index in [0.717, 1.165) is 42.1 Å². The minimum Gasteiger partial charge on any atom is -0.397 e. The molecule has 0 aliphatic carbocycles. The molecule has 1 amide bonds. The molecule has 20 heavy (non-hydrogen) atoms. The highest BCUT2D eigenvalue weighted by Gasteiger charge is 2.23. The summed E-state index contributed by atoms with van der Waals surface area (Å²) in [6.45, 7) is 1.88. The Hall–Kier alpha value is -2.01. The monoisotopic (exact) mass is 285 g/mol. The number of hydrogen-bond donors (Lipinski definition) is 2. The zero-order valence-corrected chi connectivity index (χ0v) is 11.8. The van der Waals surface area contributed by atoms with Crippen molar-refractivity contribution in [1.29, 1.82) is 0 Å². The van der Waals surface area contributed by atoms with E-state index in [4.69, 9.17) is 5.73 Å². The van der Waals surface area contributed by atoms with Crippen molar-refractivity contribution >= 4 is 34.3 Å². The highest BCUT2D eigenvalue weighted by atomic mass is 32.1. The number of nitrogen functional groups attached to an aromatic ring is 1. The molecular formula is C15H15N3OS. The van der Waals surface area contributed by atoms with E-state index >= 15 is 0 Å². The molecule has 0 saturated heterocycles. The molecule has 102 valence electrons. The number of benzene rings is 1. The van der Waals surface area contributed by atoms with Crippen LogP contribution in [0.5, 0.6) is 0 Å². The van der Waals surface area contributed by atoms with E-state index in [-0.39, 0.29) is 5.91 Å². The minimum absolute atomic E-state index is 0.0512. The Morgan fingerprint density at radius 3 is 3.10 bits per heavy atom. The number of carbonyl (C=O) groups excluding carboxylic acids is 1. The van der Waals surface area contributed by atoms with Crippen molar-refractivity contribution in [2.75, 3.05) is 22.5 Å². The van der Waals surface area contributed by atoms with E-state index < -0.39 is 0 Å². The summed E-state index contributed by atoms with van der Waals surface area (Å²) in [4.78, 5) is 15.2. The van der Waals surface area contributed by atoms with Gasteiger partial charge in [0.2, 0.25) is 5.91 Å². The topological polar surface area (TPSA) is 58.4 Å². The molecule has 3 heterocycles. The van der Waals surface area contributed by atoms with Crippen LogP contribution in [0.15, 0.2) is 23.6 Å². The van der Waals surface area contributed by atoms with E-state index in [9.17, 15) is 4.79 Å². The molecule has 2 aliphatic heterocycles. The highest BCUT2D eigenvalue weighted by molar-refractivity contribution is 7.10. The molecule has 1 aromatic carbocycles. The van der Waals surface area contributed by atoms with Crippen LogP contribution in [0.4, 0.5) is 17.1 Å². The van der Waals surface area contributed by atoms with Gasteiger partial charge in [0, 0.05) is 23.7 Å². The van der Waals surface area contributed by atoms with Crippen molar-refractivity contribution in [3.63, 3.8) is 0 Å². The fourth-order valence-corrected chi connectivity index (χ4v) is 3.90. The average Bonchev–Trinajstić information content (AvgIpc) is 3.01. The van der Waals surface area contributed by atoms with Crippen LogP contribution < -0.4 is 16.0 Å². The third kappa shape index (κ3) is 1.78. The lowest BCUT2D eigenvalue weighted by Crippen LogP contribution is -2.30. The smallest absolute Gasteiger partial charge is 0.228 e. The standard InChI is InChI=1S/C15H15N3OS/c16-11-5-10-6-15(19)17-12(10)7-13(11)18-3-1-14-9(8-18)2-4-20-14/h2,4-5,7H,1,3,6,8,16H2,(H,17,19). The number of fused-ring (bicyclic) bond motifs is 2. The van der Waals surface area contributed by atoms with Gasteiger partial charge in [0.25, 0.3) is 0 Å². The lowest BCUT2D eigenvalue weighted by atomic mass is 10.1. The first-order chi connectivity index (χ1) is 9.70. The van der Waals surface area contributed by atoms with Gasteiger partial charge in [0.1, 0.15) is 0 Å². The molecule has 0 saturated carbocycles. The first kappa shape index (κ1) is 11.8. The Bertz CT molecular complexity index is 707. The maximum Gasteiger partial charge on any atom is 0.228 e. The van der Waals surface area contributed by atoms with Crippen LogP contribution in [0.1, 0.15) is 16.0 Å². The molecule has 0 spiro atoms. The summed E-state index contributed by atoms with van der Waals surface area (Å²) in [5.74, 6) is 0.0512. The lowest BCUT2D eigenvalue weighted by molar-refractivity contribution is -0.115. The summed E-state index contributed by atoms with van der Waals surface area (Å²) in [5.41, 5.74) is 11.3. The molecular weight excluding hydrogens is 270 g/mol. The molecule has 3 N–H and O–H groups in total. The van der Waals surface area contributed by atoms with Gasteiger partial charge in [-0.1, -0.05) is 0 Å². The Balaban J connectivity index is 1.70. The molecule has 4 nitrogen and oxygen atoms in total. The predicted octanol–water partition coefficient (Wildman–Crippen LogP) is 2.39. The van der Waals surface area contributed by atoms with Crippen LogP contribution in [0.3, 0.4) is 0 Å². The summed E-state index contributed by atoms with van der Waals surface area (Å²) in [5, 5.41) is 5.05. The van der Waals surface area contributed by atoms with Gasteiger partial charge >= 0.3 is 0 Å². The van der Waals surface area contributed by atoms with Crippen LogP contribution in [0.2, 0.25) is 0 Å². The Morgan fingerprint density at radius 1 is 1.30 bits per heavy atom. The number of nitrogens with two attached hydrogens (primary N) is 1. The van der Waals surface area contributed by atoms with Crippen molar-refractivity contribution in [3.05, 3.63) is 39.6 Å². The molecule has 0 unspecified atom stereocenters. The van der Waals surface area contributed by atoms with Gasteiger partial charge < -0.3 is 16.0 Å². The fourth-order valence-electron chi connectivity index (χ4n) is 3.01. The van der Waals surface area contributed by atoms with Crippen LogP contribution >= 0.6 is 11.3 Å². The maximum atomic E-state index is 11.5. The third-order valence-corrected chi connectivity index (χ3v) is 5.05. The summed E-state index contributed by atoms with van der Waals surface area (Å²) in [7, 11) is 0. The largest absolute Gasteiger partial charge is 0.397 e. The number of carbonyl (C=O) groups is 1. The average molecular weight is 285 g/mol. The number of thiophene rings is 1. The zero-order valence-electron chi connectivity index (χ0n) is 11.0. The van der Waals surface area contributed by atoms with Gasteiger partial charge in [-0.25, -0.2) is 0 Å². The molecule has 0 fully saturated rings. The number of nitrogens with one attached hydrogen (secondary N) is 1. The molecule has 1 aromatic heterocycles. The summed E-state index contributed by atoms with van der Waals surface area (Å²) in [6, 6.07) is 6.15. The Labute approximate surface area is 121 Å². The maximum absolute atomic E-state index is 11.5. The van der Waals surface area contributed by atoms with E-state index in [1.54, 1.807) is 0 Å². The summed E-state index contributed by atoms with van der Waals surface area (Å²) >= 11 is 1.83. The highest BCUT2D eigenvalue weighted by Crippen LogP contribution is 2.36. The number of amides is 1. The van der Waals surface area contributed by atoms with E-state index in [2.05, 4.69) is 21.7 Å². The van der Waals surface area contributed by atoms with Crippen LogP contribution in [0, 0.1) is 0 Å². The van der Waals surface area contributed by atoms with Gasteiger partial charge in [-0.05, 0) is 41.1 Å². The Morgan fingerprint density at radius 2 is 2.20 bits per heavy atom. The Kier molecular flexibility index (Phi) is 2.50. The van der Waals surface area contributed by atoms with E-state index in [0.29, 0.717) is 6.42 Å². The molecule has 0 bridgehead atoms. The van der Waals surface area contributed by atoms with Crippen LogP contribution in [-0.4, -0.2) is 12.5 Å². The quantitative estimate of drug-likeness (QED) is 0.791. The number of hydrogen-bond acceptors (Lipinski definition) is 4. The first-order valence-electron chi connectivity index (χ1n) is 6.73. The van der Waals surface area contributed by atoms with Gasteiger partial charge in [0.15, 0.2) is 0 Å². The lowest BCUT2D eigenvalue weighted by Gasteiger charge is -2.30.